The molecule has 0 aliphatic heterocycles. The molecule has 0 unspecified atom stereocenters. The van der Waals surface area contributed by atoms with Crippen LogP contribution < -0.4 is 10.6 Å². The molecule has 3 rings (SSSR count). The molecule has 2 amide bonds. The standard InChI is InChI=1S/C20H13BrF2N2O2/c21-17-11-13(23)8-9-15(17)19(26)25-18-7-2-1-6-16(18)20(27)24-14-5-3-4-12(22)10-14/h1-11H,(H,24,27)(H,25,26). The fraction of sp³-hybridized carbons (Fsp3) is 0. The predicted octanol–water partition coefficient (Wildman–Crippen LogP) is 5.23. The summed E-state index contributed by atoms with van der Waals surface area (Å²) >= 11 is 3.14. The normalized spacial score (nSPS) is 10.3. The second-order valence-corrected chi connectivity index (χ2v) is 6.44. The number of carbonyl (C=O) groups excluding carboxylic acids is 2. The first-order valence-electron chi connectivity index (χ1n) is 7.86. The Kier molecular flexibility index (Phi) is 5.61. The average Bonchev–Trinajstić information content (AvgIpc) is 2.62. The van der Waals surface area contributed by atoms with Gasteiger partial charge in [0.15, 0.2) is 0 Å². The Morgan fingerprint density at radius 3 is 2.19 bits per heavy atom. The fourth-order valence-electron chi connectivity index (χ4n) is 2.42. The van der Waals surface area contributed by atoms with Crippen LogP contribution in [0, 0.1) is 11.6 Å². The lowest BCUT2D eigenvalue weighted by molar-refractivity contribution is 0.102. The molecule has 0 saturated heterocycles. The first-order valence-corrected chi connectivity index (χ1v) is 8.65. The highest BCUT2D eigenvalue weighted by Crippen LogP contribution is 2.22. The van der Waals surface area contributed by atoms with E-state index >= 15 is 0 Å². The third kappa shape index (κ3) is 4.57. The summed E-state index contributed by atoms with van der Waals surface area (Å²) in [6.45, 7) is 0. The third-order valence-electron chi connectivity index (χ3n) is 3.68. The van der Waals surface area contributed by atoms with Crippen molar-refractivity contribution in [3.63, 3.8) is 0 Å². The molecule has 0 aliphatic carbocycles. The summed E-state index contributed by atoms with van der Waals surface area (Å²) in [7, 11) is 0. The molecule has 0 bridgehead atoms. The zero-order chi connectivity index (χ0) is 19.4. The topological polar surface area (TPSA) is 58.2 Å². The van der Waals surface area contributed by atoms with Crippen LogP contribution in [0.4, 0.5) is 20.2 Å². The average molecular weight is 431 g/mol. The van der Waals surface area contributed by atoms with E-state index in [1.165, 1.54) is 42.5 Å². The van der Waals surface area contributed by atoms with E-state index in [1.807, 2.05) is 0 Å². The Bertz CT molecular complexity index is 1020. The summed E-state index contributed by atoms with van der Waals surface area (Å²) in [5.41, 5.74) is 0.986. The molecule has 27 heavy (non-hydrogen) atoms. The van der Waals surface area contributed by atoms with Crippen molar-refractivity contribution < 1.29 is 18.4 Å². The largest absolute Gasteiger partial charge is 0.322 e. The highest BCUT2D eigenvalue weighted by Gasteiger charge is 2.16. The molecule has 2 N–H and O–H groups in total. The van der Waals surface area contributed by atoms with Gasteiger partial charge in [-0.1, -0.05) is 18.2 Å². The van der Waals surface area contributed by atoms with Crippen LogP contribution in [-0.4, -0.2) is 11.8 Å². The third-order valence-corrected chi connectivity index (χ3v) is 4.33. The Balaban J connectivity index is 1.83. The van der Waals surface area contributed by atoms with Crippen LogP contribution in [0.2, 0.25) is 0 Å². The Labute approximate surface area is 162 Å². The molecule has 0 aliphatic rings. The maximum Gasteiger partial charge on any atom is 0.257 e. The number of benzene rings is 3. The first-order chi connectivity index (χ1) is 12.9. The van der Waals surface area contributed by atoms with Crippen molar-refractivity contribution in [3.05, 3.63) is 94.0 Å². The van der Waals surface area contributed by atoms with Gasteiger partial charge in [0.05, 0.1) is 16.8 Å². The molecule has 0 atom stereocenters. The molecule has 3 aromatic rings. The number of hydrogen-bond acceptors (Lipinski definition) is 2. The van der Waals surface area contributed by atoms with Crippen LogP contribution in [0.1, 0.15) is 20.7 Å². The van der Waals surface area contributed by atoms with Gasteiger partial charge in [-0.25, -0.2) is 8.78 Å². The van der Waals surface area contributed by atoms with Crippen LogP contribution >= 0.6 is 15.9 Å². The van der Waals surface area contributed by atoms with Crippen LogP contribution in [-0.2, 0) is 0 Å². The van der Waals surface area contributed by atoms with Gasteiger partial charge in [0, 0.05) is 10.2 Å². The number of hydrogen-bond donors (Lipinski definition) is 2. The lowest BCUT2D eigenvalue weighted by Gasteiger charge is -2.12. The van der Waals surface area contributed by atoms with Crippen LogP contribution in [0.25, 0.3) is 0 Å². The zero-order valence-corrected chi connectivity index (χ0v) is 15.4. The van der Waals surface area contributed by atoms with Gasteiger partial charge in [0.1, 0.15) is 11.6 Å². The molecule has 0 spiro atoms. The lowest BCUT2D eigenvalue weighted by atomic mass is 10.1. The van der Waals surface area contributed by atoms with Crippen molar-refractivity contribution in [3.8, 4) is 0 Å². The van der Waals surface area contributed by atoms with Crippen molar-refractivity contribution in [1.82, 2.24) is 0 Å². The molecule has 0 heterocycles. The van der Waals surface area contributed by atoms with Crippen molar-refractivity contribution in [1.29, 1.82) is 0 Å². The van der Waals surface area contributed by atoms with E-state index in [9.17, 15) is 18.4 Å². The second-order valence-electron chi connectivity index (χ2n) is 5.59. The molecule has 3 aromatic carbocycles. The second kappa shape index (κ2) is 8.09. The number of rotatable bonds is 4. The maximum atomic E-state index is 13.3. The quantitative estimate of drug-likeness (QED) is 0.594. The molecule has 7 heteroatoms. The van der Waals surface area contributed by atoms with E-state index in [-0.39, 0.29) is 16.8 Å². The van der Waals surface area contributed by atoms with E-state index in [0.29, 0.717) is 10.2 Å². The van der Waals surface area contributed by atoms with Gasteiger partial charge in [-0.05, 0) is 64.5 Å². The van der Waals surface area contributed by atoms with Gasteiger partial charge < -0.3 is 10.6 Å². The first kappa shape index (κ1) is 18.7. The summed E-state index contributed by atoms with van der Waals surface area (Å²) in [4.78, 5) is 25.0. The number of carbonyl (C=O) groups is 2. The Morgan fingerprint density at radius 2 is 1.44 bits per heavy atom. The predicted molar refractivity (Wildman–Crippen MR) is 103 cm³/mol. The number of anilines is 2. The van der Waals surface area contributed by atoms with Gasteiger partial charge in [-0.2, -0.15) is 0 Å². The van der Waals surface area contributed by atoms with Gasteiger partial charge in [0.2, 0.25) is 0 Å². The van der Waals surface area contributed by atoms with Gasteiger partial charge in [0.25, 0.3) is 11.8 Å². The lowest BCUT2D eigenvalue weighted by Crippen LogP contribution is -2.18. The van der Waals surface area contributed by atoms with E-state index < -0.39 is 23.4 Å². The summed E-state index contributed by atoms with van der Waals surface area (Å²) in [6.07, 6.45) is 0. The van der Waals surface area contributed by atoms with E-state index in [0.717, 1.165) is 0 Å². The smallest absolute Gasteiger partial charge is 0.257 e. The summed E-state index contributed by atoms with van der Waals surface area (Å²) in [5.74, 6) is -1.97. The molecule has 4 nitrogen and oxygen atoms in total. The highest BCUT2D eigenvalue weighted by molar-refractivity contribution is 9.10. The van der Waals surface area contributed by atoms with Gasteiger partial charge in [-0.15, -0.1) is 0 Å². The molecule has 136 valence electrons. The Hall–Kier alpha value is -3.06. The van der Waals surface area contributed by atoms with Crippen molar-refractivity contribution in [2.45, 2.75) is 0 Å². The minimum absolute atomic E-state index is 0.202. The number of amides is 2. The van der Waals surface area contributed by atoms with Crippen molar-refractivity contribution in [2.24, 2.45) is 0 Å². The zero-order valence-electron chi connectivity index (χ0n) is 13.8. The monoisotopic (exact) mass is 430 g/mol. The fourth-order valence-corrected chi connectivity index (χ4v) is 2.95. The van der Waals surface area contributed by atoms with E-state index in [4.69, 9.17) is 0 Å². The Morgan fingerprint density at radius 1 is 0.741 bits per heavy atom. The van der Waals surface area contributed by atoms with E-state index in [2.05, 4.69) is 26.6 Å². The molecular weight excluding hydrogens is 418 g/mol. The molecular formula is C20H13BrF2N2O2. The number of halogens is 3. The maximum absolute atomic E-state index is 13.3. The molecule has 0 aromatic heterocycles. The van der Waals surface area contributed by atoms with Crippen molar-refractivity contribution >= 4 is 39.1 Å². The molecule has 0 saturated carbocycles. The van der Waals surface area contributed by atoms with Crippen LogP contribution in [0.15, 0.2) is 71.2 Å². The number of nitrogens with one attached hydrogen (secondary N) is 2. The highest BCUT2D eigenvalue weighted by atomic mass is 79.9. The molecule has 0 fully saturated rings. The minimum Gasteiger partial charge on any atom is -0.322 e. The minimum atomic E-state index is -0.507. The van der Waals surface area contributed by atoms with Crippen LogP contribution in [0.3, 0.4) is 0 Å². The van der Waals surface area contributed by atoms with Crippen molar-refractivity contribution in [2.75, 3.05) is 10.6 Å². The molecule has 0 radical (unpaired) electrons. The summed E-state index contributed by atoms with van der Waals surface area (Å²) in [6, 6.07) is 15.6. The number of para-hydroxylation sites is 1. The SMILES string of the molecule is O=C(Nc1ccccc1C(=O)Nc1cccc(F)c1)c1ccc(F)cc1Br. The van der Waals surface area contributed by atoms with Gasteiger partial charge in [-0.3, -0.25) is 9.59 Å². The van der Waals surface area contributed by atoms with Crippen LogP contribution in [0.5, 0.6) is 0 Å². The van der Waals surface area contributed by atoms with Gasteiger partial charge >= 0.3 is 0 Å². The summed E-state index contributed by atoms with van der Waals surface area (Å²) in [5, 5.41) is 5.22. The summed E-state index contributed by atoms with van der Waals surface area (Å²) < 4.78 is 26.8. The van der Waals surface area contributed by atoms with E-state index in [1.54, 1.807) is 24.3 Å².